The number of carbonyl (C=O) groups is 3. The van der Waals surface area contributed by atoms with Crippen molar-refractivity contribution in [3.63, 3.8) is 0 Å². The van der Waals surface area contributed by atoms with Gasteiger partial charge in [-0.25, -0.2) is 4.79 Å². The lowest BCUT2D eigenvalue weighted by Gasteiger charge is -2.28. The Morgan fingerprint density at radius 1 is 1.20 bits per heavy atom. The molecule has 0 saturated carbocycles. The van der Waals surface area contributed by atoms with Gasteiger partial charge in [-0.05, 0) is 32.0 Å². The minimum atomic E-state index is -5.08. The number of rotatable bonds is 6. The summed E-state index contributed by atoms with van der Waals surface area (Å²) in [6.07, 6.45) is -5.08. The molecule has 3 aromatic rings. The molecule has 41 heavy (non-hydrogen) atoms. The number of nitrogens with zero attached hydrogens (tertiary/aromatic N) is 5. The highest BCUT2D eigenvalue weighted by Crippen LogP contribution is 2.27. The molecule has 1 aromatic carbocycles. The Labute approximate surface area is 230 Å². The summed E-state index contributed by atoms with van der Waals surface area (Å²) >= 11 is 0. The first-order valence-electron chi connectivity index (χ1n) is 12.0. The monoisotopic (exact) mass is 577 g/mol. The van der Waals surface area contributed by atoms with Crippen LogP contribution in [0, 0.1) is 11.8 Å². The van der Waals surface area contributed by atoms with E-state index >= 15 is 0 Å². The van der Waals surface area contributed by atoms with Crippen molar-refractivity contribution in [1.29, 1.82) is 0 Å². The number of carbonyl (C=O) groups excluding carboxylic acids is 2. The van der Waals surface area contributed by atoms with Gasteiger partial charge in [0.25, 0.3) is 11.5 Å². The van der Waals surface area contributed by atoms with Crippen LogP contribution >= 0.6 is 0 Å². The van der Waals surface area contributed by atoms with Gasteiger partial charge in [-0.2, -0.15) is 23.1 Å². The first-order valence-corrected chi connectivity index (χ1v) is 12.0. The number of primary amides is 1. The molecule has 0 radical (unpaired) electrons. The molecular weight excluding hydrogens is 551 g/mol. The Kier molecular flexibility index (Phi) is 9.35. The number of carboxylic acids is 1. The van der Waals surface area contributed by atoms with Crippen LogP contribution in [-0.4, -0.2) is 74.2 Å². The van der Waals surface area contributed by atoms with E-state index in [1.807, 2.05) is 0 Å². The molecule has 1 aliphatic rings. The number of ketones is 1. The maximum absolute atomic E-state index is 13.3. The van der Waals surface area contributed by atoms with Gasteiger partial charge in [-0.1, -0.05) is 5.92 Å². The lowest BCUT2D eigenvalue weighted by atomic mass is 10.1. The summed E-state index contributed by atoms with van der Waals surface area (Å²) in [5, 5.41) is 10.4. The number of aromatic nitrogens is 4. The Bertz CT molecular complexity index is 1610. The zero-order valence-electron chi connectivity index (χ0n) is 22.2. The van der Waals surface area contributed by atoms with Crippen LogP contribution in [0.25, 0.3) is 11.2 Å². The number of nitrogens with one attached hydrogen (secondary N) is 1. The highest BCUT2D eigenvalue weighted by Gasteiger charge is 2.38. The molecule has 0 unspecified atom stereocenters. The highest BCUT2D eigenvalue weighted by molar-refractivity contribution is 6.00. The van der Waals surface area contributed by atoms with Gasteiger partial charge >= 0.3 is 18.2 Å². The number of hydrogen-bond donors (Lipinski definition) is 3. The summed E-state index contributed by atoms with van der Waals surface area (Å²) in [5.41, 5.74) is 5.97. The second kappa shape index (κ2) is 12.5. The number of imidazole rings is 1. The fraction of sp³-hybridized carbons (Fsp3) is 0.360. The van der Waals surface area contributed by atoms with Gasteiger partial charge in [0.15, 0.2) is 16.9 Å². The van der Waals surface area contributed by atoms with E-state index in [2.05, 4.69) is 32.0 Å². The van der Waals surface area contributed by atoms with Crippen molar-refractivity contribution in [2.45, 2.75) is 26.6 Å². The summed E-state index contributed by atoms with van der Waals surface area (Å²) in [5.74, 6) is 2.81. The van der Waals surface area contributed by atoms with Gasteiger partial charge in [-0.3, -0.25) is 23.5 Å². The lowest BCUT2D eigenvalue weighted by molar-refractivity contribution is -0.192. The second-order valence-corrected chi connectivity index (χ2v) is 8.63. The van der Waals surface area contributed by atoms with Crippen LogP contribution in [0.2, 0.25) is 0 Å². The number of alkyl halides is 3. The Morgan fingerprint density at radius 2 is 1.83 bits per heavy atom. The van der Waals surface area contributed by atoms with Gasteiger partial charge in [0.1, 0.15) is 5.75 Å². The number of carboxylic acid groups (broad SMARTS) is 1. The van der Waals surface area contributed by atoms with Crippen molar-refractivity contribution in [3.8, 4) is 23.6 Å². The molecule has 1 amide bonds. The van der Waals surface area contributed by atoms with E-state index in [0.717, 1.165) is 26.2 Å². The van der Waals surface area contributed by atoms with Crippen molar-refractivity contribution in [2.75, 3.05) is 31.1 Å². The smallest absolute Gasteiger partial charge is 0.475 e. The molecule has 4 rings (SSSR count). The lowest BCUT2D eigenvalue weighted by Crippen LogP contribution is -2.44. The number of ether oxygens (including phenoxy) is 1. The Morgan fingerprint density at radius 3 is 2.37 bits per heavy atom. The standard InChI is InChI=1S/C23H25N7O4.C2HF3O2/c1-4-5-10-30-18-20(26-22(30)29-11-8-25-9-12-29)27-23(28(3)21(18)33)34-17-7-6-15(14(2)31)13-16(17)19(24)32;3-2(4,5)1(6)7/h6-7,13,25H,8-12H2,1-3H3,(H2,24,32);(H,6,7). The molecule has 13 nitrogen and oxygen atoms in total. The molecule has 0 atom stereocenters. The quantitative estimate of drug-likeness (QED) is 0.286. The van der Waals surface area contributed by atoms with Crippen LogP contribution in [0.15, 0.2) is 23.0 Å². The first-order chi connectivity index (χ1) is 19.3. The zero-order chi connectivity index (χ0) is 30.5. The SMILES string of the molecule is CC#CCn1c(N2CCNCC2)nc2nc(Oc3ccc(C(C)=O)cc3C(N)=O)n(C)c(=O)c21.O=C(O)C(F)(F)F. The van der Waals surface area contributed by atoms with Crippen molar-refractivity contribution in [2.24, 2.45) is 12.8 Å². The molecule has 1 aliphatic heterocycles. The van der Waals surface area contributed by atoms with Gasteiger partial charge < -0.3 is 25.8 Å². The fourth-order valence-electron chi connectivity index (χ4n) is 3.76. The van der Waals surface area contributed by atoms with Crippen LogP contribution in [0.1, 0.15) is 34.6 Å². The van der Waals surface area contributed by atoms with Crippen molar-refractivity contribution < 1.29 is 37.4 Å². The molecule has 0 spiro atoms. The van der Waals surface area contributed by atoms with E-state index in [1.165, 1.54) is 36.7 Å². The van der Waals surface area contributed by atoms with Gasteiger partial charge in [0, 0.05) is 38.8 Å². The number of fused-ring (bicyclic) bond motifs is 1. The third-order valence-electron chi connectivity index (χ3n) is 5.83. The number of aliphatic carboxylic acids is 1. The summed E-state index contributed by atoms with van der Waals surface area (Å²) < 4.78 is 40.6. The molecule has 16 heteroatoms. The van der Waals surface area contributed by atoms with E-state index in [0.29, 0.717) is 23.6 Å². The summed E-state index contributed by atoms with van der Waals surface area (Å²) in [6.45, 7) is 6.48. The number of hydrogen-bond acceptors (Lipinski definition) is 9. The topological polar surface area (TPSA) is 175 Å². The first kappa shape index (κ1) is 30.6. The maximum Gasteiger partial charge on any atom is 0.490 e. The van der Waals surface area contributed by atoms with Gasteiger partial charge in [-0.15, -0.1) is 5.92 Å². The van der Waals surface area contributed by atoms with Gasteiger partial charge in [0.2, 0.25) is 5.95 Å². The zero-order valence-corrected chi connectivity index (χ0v) is 22.2. The number of piperazine rings is 1. The van der Waals surface area contributed by atoms with E-state index in [1.54, 1.807) is 11.5 Å². The molecule has 218 valence electrons. The number of anilines is 1. The number of amides is 1. The molecular formula is C25H26F3N7O6. The molecule has 1 fully saturated rings. The minimum absolute atomic E-state index is 0.00676. The minimum Gasteiger partial charge on any atom is -0.475 e. The predicted octanol–water partition coefficient (Wildman–Crippen LogP) is 1.29. The average Bonchev–Trinajstić information content (AvgIpc) is 3.28. The average molecular weight is 578 g/mol. The molecule has 3 heterocycles. The molecule has 2 aromatic heterocycles. The van der Waals surface area contributed by atoms with Crippen molar-refractivity contribution in [1.82, 2.24) is 24.4 Å². The van der Waals surface area contributed by atoms with E-state index in [4.69, 9.17) is 20.4 Å². The highest BCUT2D eigenvalue weighted by atomic mass is 19.4. The maximum atomic E-state index is 13.3. The number of halogens is 3. The largest absolute Gasteiger partial charge is 0.490 e. The normalized spacial score (nSPS) is 13.1. The van der Waals surface area contributed by atoms with Crippen LogP contribution in [0.5, 0.6) is 11.8 Å². The van der Waals surface area contributed by atoms with Crippen LogP contribution in [0.3, 0.4) is 0 Å². The molecule has 0 aliphatic carbocycles. The fourth-order valence-corrected chi connectivity index (χ4v) is 3.76. The Hall–Kier alpha value is -4.91. The van der Waals surface area contributed by atoms with E-state index in [9.17, 15) is 27.6 Å². The summed E-state index contributed by atoms with van der Waals surface area (Å²) in [7, 11) is 1.52. The number of nitrogens with two attached hydrogens (primary N) is 1. The molecule has 1 saturated heterocycles. The summed E-state index contributed by atoms with van der Waals surface area (Å²) in [4.78, 5) is 57.1. The molecule has 4 N–H and O–H groups in total. The van der Waals surface area contributed by atoms with E-state index in [-0.39, 0.29) is 34.3 Å². The number of Topliss-reactive ketones (excluding diaryl/α,β-unsaturated/α-hetero) is 1. The Balaban J connectivity index is 0.000000587. The van der Waals surface area contributed by atoms with Crippen molar-refractivity contribution in [3.05, 3.63) is 39.7 Å². The number of benzene rings is 1. The van der Waals surface area contributed by atoms with Crippen LogP contribution < -0.4 is 26.2 Å². The third kappa shape index (κ3) is 7.00. The van der Waals surface area contributed by atoms with Crippen LogP contribution in [-0.2, 0) is 18.4 Å². The summed E-state index contributed by atoms with van der Waals surface area (Å²) in [6, 6.07) is 4.27. The van der Waals surface area contributed by atoms with Crippen molar-refractivity contribution >= 4 is 34.8 Å². The molecule has 0 bridgehead atoms. The third-order valence-corrected chi connectivity index (χ3v) is 5.83. The second-order valence-electron chi connectivity index (χ2n) is 8.63. The van der Waals surface area contributed by atoms with Crippen LogP contribution in [0.4, 0.5) is 19.1 Å². The van der Waals surface area contributed by atoms with E-state index < -0.39 is 18.1 Å². The predicted molar refractivity (Wildman–Crippen MR) is 140 cm³/mol. The van der Waals surface area contributed by atoms with Gasteiger partial charge in [0.05, 0.1) is 12.1 Å².